The van der Waals surface area contributed by atoms with Gasteiger partial charge in [0.1, 0.15) is 6.07 Å². The summed E-state index contributed by atoms with van der Waals surface area (Å²) >= 11 is 3.97. The zero-order valence-corrected chi connectivity index (χ0v) is 9.73. The first-order chi connectivity index (χ1) is 8.02. The Hall–Kier alpha value is -2.07. The summed E-state index contributed by atoms with van der Waals surface area (Å²) in [6.07, 6.45) is 0. The highest BCUT2D eigenvalue weighted by atomic mass is 32.1. The van der Waals surface area contributed by atoms with Crippen LogP contribution >= 0.6 is 12.6 Å². The molecule has 0 aromatic heterocycles. The van der Waals surface area contributed by atoms with Crippen LogP contribution in [0.15, 0.2) is 17.0 Å². The average Bonchev–Trinajstić information content (AvgIpc) is 2.28. The number of esters is 1. The number of carbonyl (C=O) groups is 1. The second-order valence-electron chi connectivity index (χ2n) is 2.94. The number of nitro benzene ring substituents is 1. The fourth-order valence-electron chi connectivity index (χ4n) is 1.26. The molecule has 0 bridgehead atoms. The maximum atomic E-state index is 11.6. The molecular formula is C10H8N2O4S. The Labute approximate surface area is 102 Å². The Morgan fingerprint density at radius 1 is 1.65 bits per heavy atom. The number of thiol groups is 1. The molecule has 7 heteroatoms. The summed E-state index contributed by atoms with van der Waals surface area (Å²) in [4.78, 5) is 21.8. The van der Waals surface area contributed by atoms with E-state index < -0.39 is 16.6 Å². The maximum Gasteiger partial charge on any atom is 0.346 e. The number of ether oxygens (including phenoxy) is 1. The van der Waals surface area contributed by atoms with Crippen LogP contribution in [-0.4, -0.2) is 17.5 Å². The van der Waals surface area contributed by atoms with Gasteiger partial charge in [0.25, 0.3) is 5.69 Å². The number of nitrogens with zero attached hydrogens (tertiary/aromatic N) is 2. The molecule has 0 heterocycles. The van der Waals surface area contributed by atoms with Crippen LogP contribution in [0.1, 0.15) is 22.8 Å². The summed E-state index contributed by atoms with van der Waals surface area (Å²) in [6, 6.07) is 4.13. The van der Waals surface area contributed by atoms with Crippen molar-refractivity contribution in [2.45, 2.75) is 11.8 Å². The minimum absolute atomic E-state index is 0.0671. The molecule has 0 atom stereocenters. The lowest BCUT2D eigenvalue weighted by Crippen LogP contribution is -2.10. The standard InChI is InChI=1S/C10H8N2O4S/c1-2-16-10(13)9-6(5-11)8(17)4-3-7(9)12(14)15/h3-4,17H,2H2,1H3. The van der Waals surface area contributed by atoms with E-state index in [1.165, 1.54) is 6.07 Å². The Balaban J connectivity index is 3.51. The maximum absolute atomic E-state index is 11.6. The molecule has 0 unspecified atom stereocenters. The van der Waals surface area contributed by atoms with E-state index in [4.69, 9.17) is 5.26 Å². The van der Waals surface area contributed by atoms with Gasteiger partial charge >= 0.3 is 5.97 Å². The number of rotatable bonds is 3. The highest BCUT2D eigenvalue weighted by Crippen LogP contribution is 2.27. The van der Waals surface area contributed by atoms with Crippen molar-refractivity contribution in [3.8, 4) is 6.07 Å². The van der Waals surface area contributed by atoms with Gasteiger partial charge in [-0.1, -0.05) is 0 Å². The predicted molar refractivity (Wildman–Crippen MR) is 61.0 cm³/mol. The van der Waals surface area contributed by atoms with E-state index in [0.717, 1.165) is 6.07 Å². The van der Waals surface area contributed by atoms with Crippen molar-refractivity contribution in [1.29, 1.82) is 5.26 Å². The van der Waals surface area contributed by atoms with E-state index in [1.807, 2.05) is 0 Å². The highest BCUT2D eigenvalue weighted by Gasteiger charge is 2.26. The van der Waals surface area contributed by atoms with Crippen LogP contribution in [0.5, 0.6) is 0 Å². The van der Waals surface area contributed by atoms with E-state index in [1.54, 1.807) is 13.0 Å². The lowest BCUT2D eigenvalue weighted by atomic mass is 10.1. The minimum Gasteiger partial charge on any atom is -0.462 e. The molecule has 0 aliphatic heterocycles. The Bertz CT molecular complexity index is 522. The molecule has 0 saturated carbocycles. The summed E-state index contributed by atoms with van der Waals surface area (Å²) < 4.78 is 4.69. The first-order valence-corrected chi connectivity index (χ1v) is 5.05. The van der Waals surface area contributed by atoms with Gasteiger partial charge in [-0.3, -0.25) is 10.1 Å². The fourth-order valence-corrected chi connectivity index (χ4v) is 1.49. The zero-order valence-electron chi connectivity index (χ0n) is 8.84. The van der Waals surface area contributed by atoms with E-state index in [9.17, 15) is 14.9 Å². The van der Waals surface area contributed by atoms with Crippen LogP contribution in [0.2, 0.25) is 0 Å². The van der Waals surface area contributed by atoms with Crippen molar-refractivity contribution in [3.63, 3.8) is 0 Å². The first kappa shape index (κ1) is 13.0. The van der Waals surface area contributed by atoms with Crippen molar-refractivity contribution in [2.75, 3.05) is 6.61 Å². The van der Waals surface area contributed by atoms with Gasteiger partial charge in [0, 0.05) is 11.0 Å². The second-order valence-corrected chi connectivity index (χ2v) is 3.43. The SMILES string of the molecule is CCOC(=O)c1c([N+](=O)[O-])ccc(S)c1C#N. The zero-order chi connectivity index (χ0) is 13.0. The fraction of sp³-hybridized carbons (Fsp3) is 0.200. The summed E-state index contributed by atoms with van der Waals surface area (Å²) in [6.45, 7) is 1.64. The number of nitriles is 1. The van der Waals surface area contributed by atoms with Crippen molar-refractivity contribution < 1.29 is 14.5 Å². The molecule has 0 amide bonds. The lowest BCUT2D eigenvalue weighted by Gasteiger charge is -2.06. The van der Waals surface area contributed by atoms with Gasteiger partial charge in [-0.2, -0.15) is 5.26 Å². The largest absolute Gasteiger partial charge is 0.462 e. The molecule has 0 N–H and O–H groups in total. The number of hydrogen-bond donors (Lipinski definition) is 1. The van der Waals surface area contributed by atoms with E-state index in [0.29, 0.717) is 0 Å². The Morgan fingerprint density at radius 3 is 2.76 bits per heavy atom. The number of carbonyl (C=O) groups excluding carboxylic acids is 1. The van der Waals surface area contributed by atoms with E-state index in [-0.39, 0.29) is 22.6 Å². The smallest absolute Gasteiger partial charge is 0.346 e. The summed E-state index contributed by atoms with van der Waals surface area (Å²) in [5, 5.41) is 19.7. The van der Waals surface area contributed by atoms with Gasteiger partial charge in [-0.15, -0.1) is 12.6 Å². The van der Waals surface area contributed by atoms with Crippen LogP contribution in [-0.2, 0) is 4.74 Å². The predicted octanol–water partition coefficient (Wildman–Crippen LogP) is 1.93. The molecule has 0 fully saturated rings. The summed E-state index contributed by atoms with van der Waals surface area (Å²) in [5.41, 5.74) is -0.967. The monoisotopic (exact) mass is 252 g/mol. The van der Waals surface area contributed by atoms with E-state index >= 15 is 0 Å². The van der Waals surface area contributed by atoms with Crippen molar-refractivity contribution in [3.05, 3.63) is 33.4 Å². The van der Waals surface area contributed by atoms with Gasteiger partial charge < -0.3 is 4.74 Å². The molecule has 1 aromatic carbocycles. The third kappa shape index (κ3) is 2.54. The lowest BCUT2D eigenvalue weighted by molar-refractivity contribution is -0.385. The number of benzene rings is 1. The molecule has 1 aromatic rings. The van der Waals surface area contributed by atoms with Crippen molar-refractivity contribution in [2.24, 2.45) is 0 Å². The number of hydrogen-bond acceptors (Lipinski definition) is 6. The Morgan fingerprint density at radius 2 is 2.29 bits per heavy atom. The number of nitro groups is 1. The third-order valence-electron chi connectivity index (χ3n) is 1.95. The summed E-state index contributed by atoms with van der Waals surface area (Å²) in [7, 11) is 0. The highest BCUT2D eigenvalue weighted by molar-refractivity contribution is 7.80. The van der Waals surface area contributed by atoms with Crippen molar-refractivity contribution >= 4 is 24.3 Å². The van der Waals surface area contributed by atoms with Crippen molar-refractivity contribution in [1.82, 2.24) is 0 Å². The van der Waals surface area contributed by atoms with Gasteiger partial charge in [0.15, 0.2) is 5.56 Å². The molecule has 1 rings (SSSR count). The van der Waals surface area contributed by atoms with Crippen LogP contribution in [0.3, 0.4) is 0 Å². The van der Waals surface area contributed by atoms with Gasteiger partial charge in [-0.05, 0) is 13.0 Å². The molecule has 0 saturated heterocycles. The topological polar surface area (TPSA) is 93.2 Å². The van der Waals surface area contributed by atoms with E-state index in [2.05, 4.69) is 17.4 Å². The van der Waals surface area contributed by atoms with Crippen LogP contribution in [0, 0.1) is 21.4 Å². The van der Waals surface area contributed by atoms with Gasteiger partial charge in [-0.25, -0.2) is 4.79 Å². The normalized spacial score (nSPS) is 9.47. The molecule has 6 nitrogen and oxygen atoms in total. The molecule has 0 spiro atoms. The van der Waals surface area contributed by atoms with Crippen LogP contribution in [0.25, 0.3) is 0 Å². The van der Waals surface area contributed by atoms with Crippen LogP contribution < -0.4 is 0 Å². The first-order valence-electron chi connectivity index (χ1n) is 4.60. The molecule has 0 aliphatic carbocycles. The molecular weight excluding hydrogens is 244 g/mol. The molecule has 0 radical (unpaired) electrons. The van der Waals surface area contributed by atoms with Gasteiger partial charge in [0.2, 0.25) is 0 Å². The summed E-state index contributed by atoms with van der Waals surface area (Å²) in [5.74, 6) is -0.897. The molecule has 0 aliphatic rings. The quantitative estimate of drug-likeness (QED) is 0.384. The molecule has 17 heavy (non-hydrogen) atoms. The second kappa shape index (κ2) is 5.32. The van der Waals surface area contributed by atoms with Gasteiger partial charge in [0.05, 0.1) is 17.1 Å². The average molecular weight is 252 g/mol. The minimum atomic E-state index is -0.897. The third-order valence-corrected chi connectivity index (χ3v) is 2.32. The Kier molecular flexibility index (Phi) is 4.06. The molecule has 88 valence electrons. The van der Waals surface area contributed by atoms with Crippen LogP contribution in [0.4, 0.5) is 5.69 Å².